The van der Waals surface area contributed by atoms with Crippen molar-refractivity contribution in [3.63, 3.8) is 0 Å². The molecule has 0 amide bonds. The normalized spacial score (nSPS) is 19.2. The van der Waals surface area contributed by atoms with Gasteiger partial charge >= 0.3 is 11.9 Å². The van der Waals surface area contributed by atoms with Gasteiger partial charge in [-0.25, -0.2) is 9.59 Å². The number of aromatic nitrogens is 2. The second-order valence-electron chi connectivity index (χ2n) is 6.68. The molecule has 1 aliphatic carbocycles. The van der Waals surface area contributed by atoms with E-state index in [0.717, 1.165) is 24.2 Å². The molecule has 26 heavy (non-hydrogen) atoms. The van der Waals surface area contributed by atoms with Crippen LogP contribution in [0.1, 0.15) is 51.4 Å². The zero-order chi connectivity index (χ0) is 18.5. The molecule has 2 atom stereocenters. The third-order valence-corrected chi connectivity index (χ3v) is 4.48. The van der Waals surface area contributed by atoms with Crippen LogP contribution in [0.3, 0.4) is 0 Å². The summed E-state index contributed by atoms with van der Waals surface area (Å²) in [5.41, 5.74) is 2.58. The standard InChI is InChI=1S/C20H22N2O4/c1-13-9-16(5-7-21-13)19(23)25-12-15-3-4-18(11-15)26-20(24)17-6-8-22-14(2)10-17/h5-10,15,18H,3-4,11-12H2,1-2H3. The fourth-order valence-electron chi connectivity index (χ4n) is 3.13. The Balaban J connectivity index is 1.46. The van der Waals surface area contributed by atoms with Crippen molar-refractivity contribution in [3.8, 4) is 0 Å². The van der Waals surface area contributed by atoms with E-state index in [0.29, 0.717) is 24.2 Å². The van der Waals surface area contributed by atoms with Crippen LogP contribution in [0.5, 0.6) is 0 Å². The molecule has 2 aromatic heterocycles. The second kappa shape index (κ2) is 8.08. The maximum absolute atomic E-state index is 12.2. The number of pyridine rings is 2. The van der Waals surface area contributed by atoms with Crippen LogP contribution >= 0.6 is 0 Å². The van der Waals surface area contributed by atoms with Gasteiger partial charge in [0, 0.05) is 23.8 Å². The molecule has 2 unspecified atom stereocenters. The molecule has 6 nitrogen and oxygen atoms in total. The zero-order valence-electron chi connectivity index (χ0n) is 15.0. The van der Waals surface area contributed by atoms with Crippen molar-refractivity contribution in [2.45, 2.75) is 39.2 Å². The summed E-state index contributed by atoms with van der Waals surface area (Å²) in [7, 11) is 0. The molecule has 0 aliphatic heterocycles. The number of nitrogens with zero attached hydrogens (tertiary/aromatic N) is 2. The number of carbonyl (C=O) groups excluding carboxylic acids is 2. The van der Waals surface area contributed by atoms with Gasteiger partial charge in [0.2, 0.25) is 0 Å². The Morgan fingerprint density at radius 3 is 2.23 bits per heavy atom. The minimum atomic E-state index is -0.344. The monoisotopic (exact) mass is 354 g/mol. The maximum atomic E-state index is 12.2. The summed E-state index contributed by atoms with van der Waals surface area (Å²) in [5.74, 6) is -0.465. The largest absolute Gasteiger partial charge is 0.462 e. The van der Waals surface area contributed by atoms with E-state index in [-0.39, 0.29) is 24.0 Å². The van der Waals surface area contributed by atoms with Crippen LogP contribution in [0.4, 0.5) is 0 Å². The molecule has 0 radical (unpaired) electrons. The molecule has 0 saturated heterocycles. The van der Waals surface area contributed by atoms with Crippen LogP contribution in [0, 0.1) is 19.8 Å². The van der Waals surface area contributed by atoms with E-state index in [9.17, 15) is 9.59 Å². The number of hydrogen-bond acceptors (Lipinski definition) is 6. The molecule has 2 heterocycles. The first-order valence-electron chi connectivity index (χ1n) is 8.74. The maximum Gasteiger partial charge on any atom is 0.338 e. The Morgan fingerprint density at radius 2 is 1.62 bits per heavy atom. The van der Waals surface area contributed by atoms with E-state index in [1.807, 2.05) is 13.8 Å². The van der Waals surface area contributed by atoms with Crippen LogP contribution in [0.2, 0.25) is 0 Å². The summed E-state index contributed by atoms with van der Waals surface area (Å²) < 4.78 is 11.0. The summed E-state index contributed by atoms with van der Waals surface area (Å²) in [4.78, 5) is 32.4. The van der Waals surface area contributed by atoms with Gasteiger partial charge in [0.05, 0.1) is 17.7 Å². The van der Waals surface area contributed by atoms with Crippen LogP contribution < -0.4 is 0 Å². The van der Waals surface area contributed by atoms with Crippen molar-refractivity contribution in [1.82, 2.24) is 9.97 Å². The molecule has 6 heteroatoms. The SMILES string of the molecule is Cc1cc(C(=O)OCC2CCC(OC(=O)c3ccnc(C)c3)C2)ccn1. The predicted molar refractivity (Wildman–Crippen MR) is 94.8 cm³/mol. The van der Waals surface area contributed by atoms with Crippen molar-refractivity contribution in [2.24, 2.45) is 5.92 Å². The second-order valence-corrected chi connectivity index (χ2v) is 6.68. The first-order chi connectivity index (χ1) is 12.5. The molecule has 3 rings (SSSR count). The number of ether oxygens (including phenoxy) is 2. The highest BCUT2D eigenvalue weighted by atomic mass is 16.5. The van der Waals surface area contributed by atoms with Gasteiger partial charge in [-0.15, -0.1) is 0 Å². The van der Waals surface area contributed by atoms with Gasteiger partial charge < -0.3 is 9.47 Å². The molecule has 1 aliphatic rings. The van der Waals surface area contributed by atoms with Crippen molar-refractivity contribution >= 4 is 11.9 Å². The summed E-state index contributed by atoms with van der Waals surface area (Å²) >= 11 is 0. The summed E-state index contributed by atoms with van der Waals surface area (Å²) in [6, 6.07) is 6.72. The van der Waals surface area contributed by atoms with E-state index in [2.05, 4.69) is 9.97 Å². The lowest BCUT2D eigenvalue weighted by Gasteiger charge is -2.13. The van der Waals surface area contributed by atoms with Crippen molar-refractivity contribution < 1.29 is 19.1 Å². The van der Waals surface area contributed by atoms with Gasteiger partial charge in [0.25, 0.3) is 0 Å². The summed E-state index contributed by atoms with van der Waals surface area (Å²) in [5, 5.41) is 0. The number of hydrogen-bond donors (Lipinski definition) is 0. The third-order valence-electron chi connectivity index (χ3n) is 4.48. The van der Waals surface area contributed by atoms with Crippen LogP contribution in [-0.4, -0.2) is 34.6 Å². The molecular formula is C20H22N2O4. The van der Waals surface area contributed by atoms with Crippen molar-refractivity contribution in [3.05, 3.63) is 59.2 Å². The lowest BCUT2D eigenvalue weighted by atomic mass is 10.1. The smallest absolute Gasteiger partial charge is 0.338 e. The van der Waals surface area contributed by atoms with Gasteiger partial charge in [0.15, 0.2) is 0 Å². The highest BCUT2D eigenvalue weighted by Gasteiger charge is 2.29. The Kier molecular flexibility index (Phi) is 5.61. The van der Waals surface area contributed by atoms with Crippen molar-refractivity contribution in [2.75, 3.05) is 6.61 Å². The van der Waals surface area contributed by atoms with Crippen LogP contribution in [-0.2, 0) is 9.47 Å². The number of aryl methyl sites for hydroxylation is 2. The lowest BCUT2D eigenvalue weighted by molar-refractivity contribution is 0.0273. The van der Waals surface area contributed by atoms with E-state index in [4.69, 9.17) is 9.47 Å². The van der Waals surface area contributed by atoms with E-state index in [1.54, 1.807) is 36.7 Å². The Morgan fingerprint density at radius 1 is 1.00 bits per heavy atom. The third kappa shape index (κ3) is 4.65. The minimum Gasteiger partial charge on any atom is -0.462 e. The first-order valence-corrected chi connectivity index (χ1v) is 8.74. The number of carbonyl (C=O) groups is 2. The molecule has 1 fully saturated rings. The topological polar surface area (TPSA) is 78.4 Å². The average Bonchev–Trinajstić information content (AvgIpc) is 3.07. The fourth-order valence-corrected chi connectivity index (χ4v) is 3.13. The average molecular weight is 354 g/mol. The molecule has 0 bridgehead atoms. The highest BCUT2D eigenvalue weighted by Crippen LogP contribution is 2.29. The number of esters is 2. The predicted octanol–water partition coefficient (Wildman–Crippen LogP) is 3.28. The molecule has 0 spiro atoms. The molecule has 0 N–H and O–H groups in total. The first kappa shape index (κ1) is 18.0. The van der Waals surface area contributed by atoms with Crippen LogP contribution in [0.25, 0.3) is 0 Å². The fraction of sp³-hybridized carbons (Fsp3) is 0.400. The lowest BCUT2D eigenvalue weighted by Crippen LogP contribution is -2.17. The van der Waals surface area contributed by atoms with Gasteiger partial charge in [-0.2, -0.15) is 0 Å². The van der Waals surface area contributed by atoms with E-state index < -0.39 is 0 Å². The Hall–Kier alpha value is -2.76. The van der Waals surface area contributed by atoms with Gasteiger partial charge in [0.1, 0.15) is 6.10 Å². The Bertz CT molecular complexity index is 806. The summed E-state index contributed by atoms with van der Waals surface area (Å²) in [6.45, 7) is 4.00. The molecule has 1 saturated carbocycles. The van der Waals surface area contributed by atoms with E-state index in [1.165, 1.54) is 0 Å². The van der Waals surface area contributed by atoms with Gasteiger partial charge in [-0.1, -0.05) is 0 Å². The minimum absolute atomic E-state index is 0.136. The van der Waals surface area contributed by atoms with E-state index >= 15 is 0 Å². The molecule has 2 aromatic rings. The van der Waals surface area contributed by atoms with Gasteiger partial charge in [-0.05, 0) is 63.3 Å². The highest BCUT2D eigenvalue weighted by molar-refractivity contribution is 5.90. The molecule has 136 valence electrons. The molecule has 0 aromatic carbocycles. The molecular weight excluding hydrogens is 332 g/mol. The quantitative estimate of drug-likeness (QED) is 0.767. The van der Waals surface area contributed by atoms with Crippen LogP contribution in [0.15, 0.2) is 36.7 Å². The Labute approximate surface area is 152 Å². The zero-order valence-corrected chi connectivity index (χ0v) is 15.0. The van der Waals surface area contributed by atoms with Gasteiger partial charge in [-0.3, -0.25) is 9.97 Å². The summed E-state index contributed by atoms with van der Waals surface area (Å²) in [6.07, 6.45) is 5.42. The number of rotatable bonds is 5. The van der Waals surface area contributed by atoms with Crippen molar-refractivity contribution in [1.29, 1.82) is 0 Å².